The quantitative estimate of drug-likeness (QED) is 0.869. The first kappa shape index (κ1) is 17.2. The number of anilines is 1. The molecular formula is C16H25N3O2. The summed E-state index contributed by atoms with van der Waals surface area (Å²) < 4.78 is 0. The Kier molecular flexibility index (Phi) is 5.90. The van der Waals surface area contributed by atoms with Crippen LogP contribution in [0.4, 0.5) is 5.69 Å². The van der Waals surface area contributed by atoms with Gasteiger partial charge >= 0.3 is 0 Å². The summed E-state index contributed by atoms with van der Waals surface area (Å²) >= 11 is 0. The number of nitrogens with zero attached hydrogens (tertiary/aromatic N) is 1. The number of carbonyl (C=O) groups excluding carboxylic acids is 2. The summed E-state index contributed by atoms with van der Waals surface area (Å²) in [5.41, 5.74) is 1.60. The fourth-order valence-electron chi connectivity index (χ4n) is 1.93. The molecule has 5 nitrogen and oxygen atoms in total. The van der Waals surface area contributed by atoms with Crippen molar-refractivity contribution in [3.63, 3.8) is 0 Å². The molecule has 5 heteroatoms. The van der Waals surface area contributed by atoms with E-state index in [1.807, 2.05) is 52.0 Å². The number of likely N-dealkylation sites (N-methyl/N-ethyl adjacent to an activating group) is 1. The van der Waals surface area contributed by atoms with Crippen LogP contribution in [0.25, 0.3) is 0 Å². The van der Waals surface area contributed by atoms with Crippen LogP contribution in [0.3, 0.4) is 0 Å². The van der Waals surface area contributed by atoms with Gasteiger partial charge in [-0.2, -0.15) is 0 Å². The molecule has 0 fully saturated rings. The topological polar surface area (TPSA) is 61.4 Å². The second-order valence-electron chi connectivity index (χ2n) is 6.39. The molecule has 0 heterocycles. The van der Waals surface area contributed by atoms with Gasteiger partial charge in [0, 0.05) is 11.2 Å². The summed E-state index contributed by atoms with van der Waals surface area (Å²) in [4.78, 5) is 25.4. The highest BCUT2D eigenvalue weighted by Gasteiger charge is 2.16. The molecule has 0 aliphatic carbocycles. The summed E-state index contributed by atoms with van der Waals surface area (Å²) in [6, 6.07) is 7.62. The molecule has 0 bridgehead atoms. The molecular weight excluding hydrogens is 266 g/mol. The van der Waals surface area contributed by atoms with Crippen molar-refractivity contribution in [2.24, 2.45) is 0 Å². The number of nitrogens with one attached hydrogen (secondary N) is 2. The maximum Gasteiger partial charge on any atom is 0.238 e. The van der Waals surface area contributed by atoms with Gasteiger partial charge < -0.3 is 10.6 Å². The third-order valence-electron chi connectivity index (χ3n) is 2.64. The lowest BCUT2D eigenvalue weighted by Crippen LogP contribution is -2.46. The second-order valence-corrected chi connectivity index (χ2v) is 6.39. The van der Waals surface area contributed by atoms with Crippen molar-refractivity contribution in [3.05, 3.63) is 29.8 Å². The van der Waals surface area contributed by atoms with Crippen molar-refractivity contribution >= 4 is 17.5 Å². The van der Waals surface area contributed by atoms with Crippen LogP contribution in [-0.2, 0) is 9.59 Å². The standard InChI is InChI=1S/C16H25N3O2/c1-12-7-6-8-13(9-12)17-14(20)10-19(5)11-15(21)18-16(2,3)4/h6-9H,10-11H2,1-5H3,(H,17,20)(H,18,21). The molecule has 0 radical (unpaired) electrons. The minimum absolute atomic E-state index is 0.0895. The normalized spacial score (nSPS) is 11.3. The fraction of sp³-hybridized carbons (Fsp3) is 0.500. The molecule has 0 aromatic heterocycles. The molecule has 2 amide bonds. The van der Waals surface area contributed by atoms with Crippen molar-refractivity contribution in [1.29, 1.82) is 0 Å². The molecule has 1 rings (SSSR count). The molecule has 0 atom stereocenters. The summed E-state index contributed by atoms with van der Waals surface area (Å²) in [7, 11) is 1.75. The Bertz CT molecular complexity index is 506. The lowest BCUT2D eigenvalue weighted by Gasteiger charge is -2.23. The molecule has 1 aromatic carbocycles. The number of rotatable bonds is 5. The van der Waals surface area contributed by atoms with E-state index in [0.29, 0.717) is 0 Å². The van der Waals surface area contributed by atoms with Gasteiger partial charge in [0.05, 0.1) is 13.1 Å². The third kappa shape index (κ3) is 7.46. The van der Waals surface area contributed by atoms with E-state index in [9.17, 15) is 9.59 Å². The summed E-state index contributed by atoms with van der Waals surface area (Å²) in [5.74, 6) is -0.222. The fourth-order valence-corrected chi connectivity index (χ4v) is 1.93. The minimum Gasteiger partial charge on any atom is -0.350 e. The molecule has 0 unspecified atom stereocenters. The largest absolute Gasteiger partial charge is 0.350 e. The second kappa shape index (κ2) is 7.22. The lowest BCUT2D eigenvalue weighted by molar-refractivity contribution is -0.124. The Hall–Kier alpha value is -1.88. The van der Waals surface area contributed by atoms with Gasteiger partial charge in [0.2, 0.25) is 11.8 Å². The number of carbonyl (C=O) groups is 2. The van der Waals surface area contributed by atoms with Gasteiger partial charge in [-0.3, -0.25) is 14.5 Å². The Balaban J connectivity index is 2.42. The summed E-state index contributed by atoms with van der Waals surface area (Å²) in [6.45, 7) is 8.11. The van der Waals surface area contributed by atoms with E-state index in [2.05, 4.69) is 10.6 Å². The van der Waals surface area contributed by atoms with Crippen LogP contribution in [0.5, 0.6) is 0 Å². The molecule has 0 saturated carbocycles. The van der Waals surface area contributed by atoms with Crippen molar-refractivity contribution in [2.45, 2.75) is 33.2 Å². The van der Waals surface area contributed by atoms with E-state index in [1.165, 1.54) is 0 Å². The van der Waals surface area contributed by atoms with Gasteiger partial charge in [0.15, 0.2) is 0 Å². The Labute approximate surface area is 126 Å². The van der Waals surface area contributed by atoms with Crippen molar-refractivity contribution in [3.8, 4) is 0 Å². The zero-order valence-electron chi connectivity index (χ0n) is 13.5. The number of hydrogen-bond donors (Lipinski definition) is 2. The smallest absolute Gasteiger partial charge is 0.238 e. The zero-order chi connectivity index (χ0) is 16.0. The molecule has 0 saturated heterocycles. The molecule has 116 valence electrons. The zero-order valence-corrected chi connectivity index (χ0v) is 13.5. The van der Waals surface area contributed by atoms with Gasteiger partial charge in [-0.05, 0) is 52.4 Å². The number of benzene rings is 1. The number of amides is 2. The number of aryl methyl sites for hydroxylation is 1. The SMILES string of the molecule is Cc1cccc(NC(=O)CN(C)CC(=O)NC(C)(C)C)c1. The van der Waals surface area contributed by atoms with Gasteiger partial charge in [-0.15, -0.1) is 0 Å². The highest BCUT2D eigenvalue weighted by atomic mass is 16.2. The monoisotopic (exact) mass is 291 g/mol. The van der Waals surface area contributed by atoms with Crippen LogP contribution in [-0.4, -0.2) is 42.4 Å². The third-order valence-corrected chi connectivity index (χ3v) is 2.64. The van der Waals surface area contributed by atoms with Crippen LogP contribution in [0, 0.1) is 6.92 Å². The van der Waals surface area contributed by atoms with Crippen molar-refractivity contribution in [2.75, 3.05) is 25.5 Å². The summed E-state index contributed by atoms with van der Waals surface area (Å²) in [5, 5.41) is 5.69. The first-order valence-electron chi connectivity index (χ1n) is 7.02. The van der Waals surface area contributed by atoms with Crippen molar-refractivity contribution in [1.82, 2.24) is 10.2 Å². The van der Waals surface area contributed by atoms with Crippen LogP contribution >= 0.6 is 0 Å². The molecule has 2 N–H and O–H groups in total. The Morgan fingerprint density at radius 1 is 1.14 bits per heavy atom. The average Bonchev–Trinajstić information content (AvgIpc) is 2.24. The van der Waals surface area contributed by atoms with Gasteiger partial charge in [-0.1, -0.05) is 12.1 Å². The predicted molar refractivity (Wildman–Crippen MR) is 85.2 cm³/mol. The Morgan fingerprint density at radius 2 is 1.76 bits per heavy atom. The predicted octanol–water partition coefficient (Wildman–Crippen LogP) is 1.78. The first-order chi connectivity index (χ1) is 9.65. The average molecular weight is 291 g/mol. The maximum atomic E-state index is 11.9. The Morgan fingerprint density at radius 3 is 2.33 bits per heavy atom. The van der Waals surface area contributed by atoms with Crippen LogP contribution in [0.15, 0.2) is 24.3 Å². The minimum atomic E-state index is -0.262. The molecule has 0 aliphatic rings. The van der Waals surface area contributed by atoms with Crippen LogP contribution in [0.2, 0.25) is 0 Å². The van der Waals surface area contributed by atoms with E-state index in [4.69, 9.17) is 0 Å². The summed E-state index contributed by atoms with van der Waals surface area (Å²) in [6.07, 6.45) is 0. The van der Waals surface area contributed by atoms with Gasteiger partial charge in [0.25, 0.3) is 0 Å². The molecule has 21 heavy (non-hydrogen) atoms. The lowest BCUT2D eigenvalue weighted by atomic mass is 10.1. The van der Waals surface area contributed by atoms with Crippen LogP contribution in [0.1, 0.15) is 26.3 Å². The van der Waals surface area contributed by atoms with Crippen LogP contribution < -0.4 is 10.6 Å². The van der Waals surface area contributed by atoms with Gasteiger partial charge in [0.1, 0.15) is 0 Å². The van der Waals surface area contributed by atoms with Gasteiger partial charge in [-0.25, -0.2) is 0 Å². The highest BCUT2D eigenvalue weighted by Crippen LogP contribution is 2.09. The molecule has 1 aromatic rings. The van der Waals surface area contributed by atoms with Crippen molar-refractivity contribution < 1.29 is 9.59 Å². The molecule has 0 aliphatic heterocycles. The maximum absolute atomic E-state index is 11.9. The van der Waals surface area contributed by atoms with E-state index < -0.39 is 0 Å². The van der Waals surface area contributed by atoms with E-state index in [0.717, 1.165) is 11.3 Å². The highest BCUT2D eigenvalue weighted by molar-refractivity contribution is 5.92. The number of hydrogen-bond acceptors (Lipinski definition) is 3. The van der Waals surface area contributed by atoms with E-state index in [-0.39, 0.29) is 30.4 Å². The van der Waals surface area contributed by atoms with E-state index >= 15 is 0 Å². The first-order valence-corrected chi connectivity index (χ1v) is 7.02. The van der Waals surface area contributed by atoms with E-state index in [1.54, 1.807) is 11.9 Å². The molecule has 0 spiro atoms.